The first kappa shape index (κ1) is 37.3. The molecule has 0 radical (unpaired) electrons. The maximum atomic E-state index is 9.67. The van der Waals surface area contributed by atoms with E-state index >= 15 is 0 Å². The summed E-state index contributed by atoms with van der Waals surface area (Å²) in [6.45, 7) is 10.6. The lowest BCUT2D eigenvalue weighted by molar-refractivity contribution is -0.276. The summed E-state index contributed by atoms with van der Waals surface area (Å²) in [4.78, 5) is 2.68. The van der Waals surface area contributed by atoms with Crippen molar-refractivity contribution in [2.24, 2.45) is 11.7 Å². The van der Waals surface area contributed by atoms with E-state index in [0.717, 1.165) is 53.0 Å². The first-order chi connectivity index (χ1) is 23.1. The number of ether oxygens (including phenoxy) is 2. The largest absolute Gasteiger partial charge is 0.392 e. The third-order valence-corrected chi connectivity index (χ3v) is 9.87. The molecule has 0 amide bonds. The van der Waals surface area contributed by atoms with Gasteiger partial charge in [-0.1, -0.05) is 146 Å². The topological polar surface area (TPSA) is 68.0 Å². The monoisotopic (exact) mass is 642 g/mol. The summed E-state index contributed by atoms with van der Waals surface area (Å²) in [6, 6.07) is 25.3. The molecule has 3 aromatic carbocycles. The van der Waals surface area contributed by atoms with Gasteiger partial charge in [-0.2, -0.15) is 0 Å². The molecule has 5 nitrogen and oxygen atoms in total. The summed E-state index contributed by atoms with van der Waals surface area (Å²) < 4.78 is 13.8. The predicted molar refractivity (Wildman–Crippen MR) is 196 cm³/mol. The Morgan fingerprint density at radius 1 is 0.660 bits per heavy atom. The number of hydrogen-bond donors (Lipinski definition) is 2. The molecule has 4 atom stereocenters. The van der Waals surface area contributed by atoms with Crippen molar-refractivity contribution >= 4 is 0 Å². The second kappa shape index (κ2) is 20.7. The van der Waals surface area contributed by atoms with Gasteiger partial charge < -0.3 is 25.2 Å². The number of nitrogens with two attached hydrogens (primary N) is 1. The van der Waals surface area contributed by atoms with Crippen LogP contribution in [0.4, 0.5) is 0 Å². The predicted octanol–water partition coefficient (Wildman–Crippen LogP) is 10.1. The molecule has 47 heavy (non-hydrogen) atoms. The third kappa shape index (κ3) is 11.8. The minimum absolute atomic E-state index is 0.0284. The van der Waals surface area contributed by atoms with Crippen LogP contribution in [0.25, 0.3) is 11.1 Å². The minimum Gasteiger partial charge on any atom is -0.392 e. The minimum atomic E-state index is -0.471. The van der Waals surface area contributed by atoms with E-state index in [1.807, 2.05) is 12.1 Å². The van der Waals surface area contributed by atoms with Gasteiger partial charge in [-0.05, 0) is 65.9 Å². The molecule has 1 heterocycles. The maximum absolute atomic E-state index is 9.67. The smallest absolute Gasteiger partial charge is 0.184 e. The molecule has 1 aliphatic heterocycles. The Hall–Kier alpha value is -2.54. The highest BCUT2D eigenvalue weighted by Gasteiger charge is 2.39. The molecular weight excluding hydrogens is 580 g/mol. The summed E-state index contributed by atoms with van der Waals surface area (Å²) >= 11 is 0. The Bertz CT molecular complexity index is 1260. The van der Waals surface area contributed by atoms with Crippen molar-refractivity contribution < 1.29 is 14.6 Å². The molecule has 4 unspecified atom stereocenters. The summed E-state index contributed by atoms with van der Waals surface area (Å²) in [6.07, 6.45) is 15.2. The summed E-state index contributed by atoms with van der Waals surface area (Å²) in [5.41, 5.74) is 12.4. The number of aliphatic hydroxyl groups excluding tert-OH is 1. The number of unbranched alkanes of at least 4 members (excludes halogenated alkanes) is 10. The molecule has 4 rings (SSSR count). The first-order valence-corrected chi connectivity index (χ1v) is 18.7. The van der Waals surface area contributed by atoms with E-state index in [1.165, 1.54) is 77.0 Å². The van der Waals surface area contributed by atoms with Crippen molar-refractivity contribution in [1.29, 1.82) is 0 Å². The molecule has 0 saturated carbocycles. The van der Waals surface area contributed by atoms with Crippen LogP contribution in [-0.4, -0.2) is 35.7 Å². The van der Waals surface area contributed by atoms with Gasteiger partial charge in [0.2, 0.25) is 0 Å². The van der Waals surface area contributed by atoms with Crippen molar-refractivity contribution in [3.05, 3.63) is 95.1 Å². The van der Waals surface area contributed by atoms with Crippen LogP contribution in [0.2, 0.25) is 0 Å². The Balaban J connectivity index is 1.55. The lowest BCUT2D eigenvalue weighted by Gasteiger charge is -2.43. The zero-order valence-electron chi connectivity index (χ0n) is 29.5. The average molecular weight is 643 g/mol. The fourth-order valence-corrected chi connectivity index (χ4v) is 6.85. The lowest BCUT2D eigenvalue weighted by Crippen LogP contribution is -2.45. The maximum Gasteiger partial charge on any atom is 0.184 e. The molecule has 1 fully saturated rings. The van der Waals surface area contributed by atoms with Gasteiger partial charge >= 0.3 is 0 Å². The van der Waals surface area contributed by atoms with Crippen LogP contribution in [0.1, 0.15) is 132 Å². The van der Waals surface area contributed by atoms with Crippen molar-refractivity contribution in [3.63, 3.8) is 0 Å². The second-order valence-corrected chi connectivity index (χ2v) is 13.7. The lowest BCUT2D eigenvalue weighted by atomic mass is 9.89. The van der Waals surface area contributed by atoms with E-state index in [2.05, 4.69) is 86.3 Å². The van der Waals surface area contributed by atoms with E-state index in [1.54, 1.807) is 0 Å². The number of benzene rings is 3. The van der Waals surface area contributed by atoms with Gasteiger partial charge in [0.25, 0.3) is 0 Å². The highest BCUT2D eigenvalue weighted by molar-refractivity contribution is 5.65. The quantitative estimate of drug-likeness (QED) is 0.113. The van der Waals surface area contributed by atoms with Crippen molar-refractivity contribution in [2.75, 3.05) is 19.6 Å². The number of rotatable bonds is 21. The summed E-state index contributed by atoms with van der Waals surface area (Å²) in [7, 11) is 0. The van der Waals surface area contributed by atoms with E-state index in [-0.39, 0.29) is 24.7 Å². The molecule has 0 spiro atoms. The normalized spacial score (nSPS) is 19.8. The van der Waals surface area contributed by atoms with Crippen molar-refractivity contribution in [3.8, 4) is 11.1 Å². The van der Waals surface area contributed by atoms with E-state index in [4.69, 9.17) is 15.2 Å². The van der Waals surface area contributed by atoms with Crippen LogP contribution in [-0.2, 0) is 22.6 Å². The summed E-state index contributed by atoms with van der Waals surface area (Å²) in [5, 5.41) is 9.67. The number of hydrogen-bond acceptors (Lipinski definition) is 5. The molecule has 5 heteroatoms. The second-order valence-electron chi connectivity index (χ2n) is 13.7. The standard InChI is InChI=1S/C42H62N2O3/c1-4-6-8-10-12-14-26-44(27-15-13-11-9-7-5-2)31-40-33(3)41(36-24-22-34(32-45)23-25-36)47-42(46-40)39-21-17-20-38(29-39)37-19-16-18-35(28-37)30-43/h16-25,28-29,33,40-42,45H,4-15,26-27,30-32,43H2,1-3H3. The molecule has 1 saturated heterocycles. The Labute approximate surface area is 285 Å². The molecule has 258 valence electrons. The highest BCUT2D eigenvalue weighted by Crippen LogP contribution is 2.42. The fraction of sp³-hybridized carbons (Fsp3) is 0.571. The van der Waals surface area contributed by atoms with Crippen molar-refractivity contribution in [2.45, 2.75) is 129 Å². The highest BCUT2D eigenvalue weighted by atomic mass is 16.7. The Kier molecular flexibility index (Phi) is 16.5. The molecular formula is C42H62N2O3. The molecule has 0 bridgehead atoms. The van der Waals surface area contributed by atoms with Crippen molar-refractivity contribution in [1.82, 2.24) is 4.90 Å². The Morgan fingerprint density at radius 3 is 1.87 bits per heavy atom. The zero-order valence-corrected chi connectivity index (χ0v) is 29.5. The average Bonchev–Trinajstić information content (AvgIpc) is 3.12. The molecule has 0 aromatic heterocycles. The van der Waals surface area contributed by atoms with Gasteiger partial charge in [0, 0.05) is 24.6 Å². The molecule has 1 aliphatic rings. The van der Waals surface area contributed by atoms with Gasteiger partial charge in [0.1, 0.15) is 0 Å². The van der Waals surface area contributed by atoms with Crippen LogP contribution in [0.15, 0.2) is 72.8 Å². The first-order valence-electron chi connectivity index (χ1n) is 18.7. The molecule has 3 N–H and O–H groups in total. The van der Waals surface area contributed by atoms with Crippen LogP contribution in [0, 0.1) is 5.92 Å². The van der Waals surface area contributed by atoms with Crippen LogP contribution < -0.4 is 5.73 Å². The van der Waals surface area contributed by atoms with Crippen LogP contribution >= 0.6 is 0 Å². The van der Waals surface area contributed by atoms with Gasteiger partial charge in [-0.3, -0.25) is 0 Å². The number of nitrogens with zero attached hydrogens (tertiary/aromatic N) is 1. The molecule has 0 aliphatic carbocycles. The van der Waals surface area contributed by atoms with E-state index < -0.39 is 6.29 Å². The summed E-state index contributed by atoms with van der Waals surface area (Å²) in [5.74, 6) is 0.173. The van der Waals surface area contributed by atoms with E-state index in [9.17, 15) is 5.11 Å². The van der Waals surface area contributed by atoms with Gasteiger partial charge in [0.05, 0.1) is 18.8 Å². The van der Waals surface area contributed by atoms with Crippen LogP contribution in [0.5, 0.6) is 0 Å². The van der Waals surface area contributed by atoms with Crippen LogP contribution in [0.3, 0.4) is 0 Å². The SMILES string of the molecule is CCCCCCCCN(CCCCCCCC)CC1OC(c2cccc(-c3cccc(CN)c3)c2)OC(c2ccc(CO)cc2)C1C. The fourth-order valence-electron chi connectivity index (χ4n) is 6.85. The molecule has 3 aromatic rings. The zero-order chi connectivity index (χ0) is 33.3. The third-order valence-electron chi connectivity index (χ3n) is 9.87. The number of aliphatic hydroxyl groups is 1. The van der Waals surface area contributed by atoms with Gasteiger partial charge in [-0.25, -0.2) is 0 Å². The van der Waals surface area contributed by atoms with E-state index in [0.29, 0.717) is 6.54 Å². The Morgan fingerprint density at radius 2 is 1.26 bits per heavy atom. The van der Waals surface area contributed by atoms with Gasteiger partial charge in [0.15, 0.2) is 6.29 Å². The van der Waals surface area contributed by atoms with Gasteiger partial charge in [-0.15, -0.1) is 0 Å².